The normalized spacial score (nSPS) is 22.1. The summed E-state index contributed by atoms with van der Waals surface area (Å²) < 4.78 is 0. The molecule has 4 nitrogen and oxygen atoms in total. The van der Waals surface area contributed by atoms with Crippen LogP contribution in [0.15, 0.2) is 42.0 Å². The smallest absolute Gasteiger partial charge is 0.306 e. The van der Waals surface area contributed by atoms with Gasteiger partial charge in [0.2, 0.25) is 0 Å². The molecule has 2 rings (SSSR count). The van der Waals surface area contributed by atoms with E-state index in [2.05, 4.69) is 30.3 Å². The first-order chi connectivity index (χ1) is 13.5. The summed E-state index contributed by atoms with van der Waals surface area (Å²) in [6.07, 6.45) is 13.7. The number of hydrogen-bond acceptors (Lipinski definition) is 3. The molecule has 1 aromatic carbocycles. The number of carbonyl (C=O) groups is 1. The van der Waals surface area contributed by atoms with Crippen molar-refractivity contribution in [1.29, 1.82) is 0 Å². The Bertz CT molecular complexity index is 610. The minimum absolute atomic E-state index is 0.0518. The topological polar surface area (TPSA) is 55.8 Å². The fourth-order valence-electron chi connectivity index (χ4n) is 3.82. The summed E-state index contributed by atoms with van der Waals surface area (Å²) in [5.41, 5.74) is 1.96. The van der Waals surface area contributed by atoms with Gasteiger partial charge in [0.05, 0.1) is 6.42 Å². The Kier molecular flexibility index (Phi) is 9.72. The standard InChI is InChI=1S/C24H36O4/c1-20-19-24(2,28-27-22(20)18-23(25)26)17-13-8-6-4-3-5-7-10-14-21-15-11-9-12-16-21/h9,11-12,15-16,19,22H,3-8,10,13-14,17-18H2,1-2H3,(H,25,26)/t22-,24+/m0/s1. The molecule has 1 aliphatic rings. The summed E-state index contributed by atoms with van der Waals surface area (Å²) in [5.74, 6) is -0.870. The highest BCUT2D eigenvalue weighted by atomic mass is 17.2. The largest absolute Gasteiger partial charge is 0.481 e. The molecule has 0 spiro atoms. The van der Waals surface area contributed by atoms with E-state index in [1.807, 2.05) is 19.9 Å². The molecule has 1 aromatic rings. The molecule has 2 atom stereocenters. The molecule has 0 aromatic heterocycles. The summed E-state index contributed by atoms with van der Waals surface area (Å²) >= 11 is 0. The van der Waals surface area contributed by atoms with E-state index in [9.17, 15) is 4.79 Å². The van der Waals surface area contributed by atoms with Gasteiger partial charge < -0.3 is 5.11 Å². The fourth-order valence-corrected chi connectivity index (χ4v) is 3.82. The number of rotatable bonds is 13. The summed E-state index contributed by atoms with van der Waals surface area (Å²) in [4.78, 5) is 21.7. The van der Waals surface area contributed by atoms with Crippen molar-refractivity contribution in [1.82, 2.24) is 0 Å². The van der Waals surface area contributed by atoms with Crippen LogP contribution in [0.1, 0.15) is 83.6 Å². The second-order valence-electron chi connectivity index (χ2n) is 8.28. The van der Waals surface area contributed by atoms with Crippen LogP contribution >= 0.6 is 0 Å². The number of unbranched alkanes of at least 4 members (excludes halogenated alkanes) is 7. The quantitative estimate of drug-likeness (QED) is 0.246. The van der Waals surface area contributed by atoms with Crippen LogP contribution in [0.5, 0.6) is 0 Å². The molecule has 0 saturated carbocycles. The molecule has 28 heavy (non-hydrogen) atoms. The van der Waals surface area contributed by atoms with Crippen molar-refractivity contribution in [2.24, 2.45) is 0 Å². The zero-order valence-electron chi connectivity index (χ0n) is 17.5. The van der Waals surface area contributed by atoms with Crippen LogP contribution in [0.4, 0.5) is 0 Å². The van der Waals surface area contributed by atoms with Crippen molar-refractivity contribution in [2.75, 3.05) is 0 Å². The van der Waals surface area contributed by atoms with E-state index in [1.54, 1.807) is 0 Å². The van der Waals surface area contributed by atoms with E-state index in [4.69, 9.17) is 14.9 Å². The number of hydrogen-bond donors (Lipinski definition) is 1. The molecular formula is C24H36O4. The van der Waals surface area contributed by atoms with Crippen LogP contribution in [0.3, 0.4) is 0 Å². The predicted molar refractivity (Wildman–Crippen MR) is 112 cm³/mol. The molecule has 0 aliphatic carbocycles. The Morgan fingerprint density at radius 3 is 2.21 bits per heavy atom. The highest BCUT2D eigenvalue weighted by Gasteiger charge is 2.32. The van der Waals surface area contributed by atoms with Gasteiger partial charge >= 0.3 is 5.97 Å². The lowest BCUT2D eigenvalue weighted by Crippen LogP contribution is -2.36. The lowest BCUT2D eigenvalue weighted by atomic mass is 9.92. The molecule has 1 N–H and O–H groups in total. The second-order valence-corrected chi connectivity index (χ2v) is 8.28. The number of carboxylic acid groups (broad SMARTS) is 1. The average Bonchev–Trinajstić information content (AvgIpc) is 2.66. The Hall–Kier alpha value is -1.65. The van der Waals surface area contributed by atoms with E-state index < -0.39 is 17.7 Å². The predicted octanol–water partition coefficient (Wildman–Crippen LogP) is 6.25. The molecule has 1 heterocycles. The van der Waals surface area contributed by atoms with Gasteiger partial charge in [-0.2, -0.15) is 0 Å². The lowest BCUT2D eigenvalue weighted by Gasteiger charge is -2.33. The third-order valence-electron chi connectivity index (χ3n) is 5.49. The summed E-state index contributed by atoms with van der Waals surface area (Å²) in [7, 11) is 0. The van der Waals surface area contributed by atoms with Crippen molar-refractivity contribution < 1.29 is 19.7 Å². The van der Waals surface area contributed by atoms with Gasteiger partial charge in [0.1, 0.15) is 11.7 Å². The van der Waals surface area contributed by atoms with Crippen LogP contribution in [0, 0.1) is 0 Å². The zero-order valence-corrected chi connectivity index (χ0v) is 17.5. The first-order valence-electron chi connectivity index (χ1n) is 10.8. The minimum atomic E-state index is -0.870. The molecule has 4 heteroatoms. The van der Waals surface area contributed by atoms with E-state index in [0.29, 0.717) is 0 Å². The Balaban J connectivity index is 1.49. The summed E-state index contributed by atoms with van der Waals surface area (Å²) in [6.45, 7) is 3.94. The van der Waals surface area contributed by atoms with Crippen molar-refractivity contribution >= 4 is 5.97 Å². The van der Waals surface area contributed by atoms with Crippen molar-refractivity contribution in [3.63, 3.8) is 0 Å². The maximum Gasteiger partial charge on any atom is 0.306 e. The van der Waals surface area contributed by atoms with Crippen LogP contribution in [-0.2, 0) is 21.0 Å². The van der Waals surface area contributed by atoms with Crippen molar-refractivity contribution in [3.8, 4) is 0 Å². The van der Waals surface area contributed by atoms with Gasteiger partial charge in [0, 0.05) is 0 Å². The van der Waals surface area contributed by atoms with E-state index in [1.165, 1.54) is 56.9 Å². The van der Waals surface area contributed by atoms with Gasteiger partial charge in [0.25, 0.3) is 0 Å². The Morgan fingerprint density at radius 2 is 1.61 bits per heavy atom. The molecule has 1 aliphatic heterocycles. The number of carboxylic acids is 1. The molecule has 0 radical (unpaired) electrons. The number of aliphatic carboxylic acids is 1. The number of aryl methyl sites for hydroxylation is 1. The maximum atomic E-state index is 10.8. The van der Waals surface area contributed by atoms with Crippen LogP contribution < -0.4 is 0 Å². The monoisotopic (exact) mass is 388 g/mol. The molecule has 0 fully saturated rings. The fraction of sp³-hybridized carbons (Fsp3) is 0.625. The number of benzene rings is 1. The Labute approximate surface area is 169 Å². The molecule has 0 bridgehead atoms. The highest BCUT2D eigenvalue weighted by molar-refractivity contribution is 5.68. The second kappa shape index (κ2) is 12.0. The zero-order chi connectivity index (χ0) is 20.2. The summed E-state index contributed by atoms with van der Waals surface area (Å²) in [6, 6.07) is 10.7. The summed E-state index contributed by atoms with van der Waals surface area (Å²) in [5, 5.41) is 8.89. The molecule has 0 saturated heterocycles. The molecule has 0 unspecified atom stereocenters. The van der Waals surface area contributed by atoms with Gasteiger partial charge in [-0.3, -0.25) is 4.79 Å². The lowest BCUT2D eigenvalue weighted by molar-refractivity contribution is -0.372. The maximum absolute atomic E-state index is 10.8. The van der Waals surface area contributed by atoms with Crippen LogP contribution in [-0.4, -0.2) is 22.8 Å². The molecule has 156 valence electrons. The third kappa shape index (κ3) is 8.57. The third-order valence-corrected chi connectivity index (χ3v) is 5.49. The van der Waals surface area contributed by atoms with E-state index in [-0.39, 0.29) is 6.42 Å². The SMILES string of the molecule is CC1=C[C@@](C)(CCCCCCCCCCc2ccccc2)OO[C@H]1CC(=O)O. The van der Waals surface area contributed by atoms with Gasteiger partial charge in [0.15, 0.2) is 0 Å². The van der Waals surface area contributed by atoms with Gasteiger partial charge in [-0.15, -0.1) is 0 Å². The first-order valence-corrected chi connectivity index (χ1v) is 10.8. The van der Waals surface area contributed by atoms with E-state index in [0.717, 1.165) is 18.4 Å². The van der Waals surface area contributed by atoms with E-state index >= 15 is 0 Å². The van der Waals surface area contributed by atoms with Crippen molar-refractivity contribution in [3.05, 3.63) is 47.5 Å². The van der Waals surface area contributed by atoms with Crippen molar-refractivity contribution in [2.45, 2.75) is 96.2 Å². The minimum Gasteiger partial charge on any atom is -0.481 e. The highest BCUT2D eigenvalue weighted by Crippen LogP contribution is 2.31. The van der Waals surface area contributed by atoms with Crippen LogP contribution in [0.25, 0.3) is 0 Å². The first kappa shape index (κ1) is 22.6. The Morgan fingerprint density at radius 1 is 1.00 bits per heavy atom. The van der Waals surface area contributed by atoms with Gasteiger partial charge in [-0.25, -0.2) is 9.78 Å². The molecule has 0 amide bonds. The van der Waals surface area contributed by atoms with Crippen LogP contribution in [0.2, 0.25) is 0 Å². The van der Waals surface area contributed by atoms with Gasteiger partial charge in [-0.05, 0) is 50.3 Å². The average molecular weight is 389 g/mol. The molecular weight excluding hydrogens is 352 g/mol. The van der Waals surface area contributed by atoms with Gasteiger partial charge in [-0.1, -0.05) is 75.3 Å².